The summed E-state index contributed by atoms with van der Waals surface area (Å²) >= 11 is 0. The number of rotatable bonds is 4. The Morgan fingerprint density at radius 1 is 1.50 bits per heavy atom. The molecule has 1 heterocycles. The predicted molar refractivity (Wildman–Crippen MR) is 66.8 cm³/mol. The second-order valence-corrected chi connectivity index (χ2v) is 6.41. The van der Waals surface area contributed by atoms with E-state index >= 15 is 0 Å². The van der Waals surface area contributed by atoms with Crippen molar-refractivity contribution in [2.75, 3.05) is 26.8 Å². The molecule has 1 unspecified atom stereocenters. The molecular formula is C12H17NO4S. The Kier molecular flexibility index (Phi) is 3.89. The average molecular weight is 271 g/mol. The molecule has 0 saturated carbocycles. The van der Waals surface area contributed by atoms with E-state index in [-0.39, 0.29) is 16.6 Å². The SMILES string of the molecule is COCC1CCN(S(=O)(=O)c2cccc(O)c2)C1. The van der Waals surface area contributed by atoms with Crippen LogP contribution in [0.2, 0.25) is 0 Å². The van der Waals surface area contributed by atoms with Gasteiger partial charge >= 0.3 is 0 Å². The van der Waals surface area contributed by atoms with Crippen molar-refractivity contribution < 1.29 is 18.3 Å². The second-order valence-electron chi connectivity index (χ2n) is 4.47. The molecule has 18 heavy (non-hydrogen) atoms. The van der Waals surface area contributed by atoms with Crippen LogP contribution >= 0.6 is 0 Å². The minimum Gasteiger partial charge on any atom is -0.508 e. The number of phenols is 1. The lowest BCUT2D eigenvalue weighted by molar-refractivity contribution is 0.157. The summed E-state index contributed by atoms with van der Waals surface area (Å²) in [6.07, 6.45) is 0.811. The fourth-order valence-corrected chi connectivity index (χ4v) is 3.75. The number of aromatic hydroxyl groups is 1. The molecule has 1 aromatic carbocycles. The van der Waals surface area contributed by atoms with Crippen LogP contribution < -0.4 is 0 Å². The molecule has 1 saturated heterocycles. The zero-order valence-electron chi connectivity index (χ0n) is 10.2. The standard InChI is InChI=1S/C12H17NO4S/c1-17-9-10-5-6-13(8-10)18(15,16)12-4-2-3-11(14)7-12/h2-4,7,10,14H,5-6,8-9H2,1H3. The quantitative estimate of drug-likeness (QED) is 0.889. The first-order chi connectivity index (χ1) is 8.54. The van der Waals surface area contributed by atoms with Gasteiger partial charge in [0.05, 0.1) is 11.5 Å². The number of methoxy groups -OCH3 is 1. The molecule has 0 radical (unpaired) electrons. The summed E-state index contributed by atoms with van der Waals surface area (Å²) in [4.78, 5) is 0.139. The maximum atomic E-state index is 12.3. The Labute approximate surface area is 107 Å². The average Bonchev–Trinajstić information content (AvgIpc) is 2.79. The van der Waals surface area contributed by atoms with Gasteiger partial charge in [0.1, 0.15) is 5.75 Å². The number of benzene rings is 1. The van der Waals surface area contributed by atoms with E-state index in [2.05, 4.69) is 0 Å². The van der Waals surface area contributed by atoms with Crippen molar-refractivity contribution >= 4 is 10.0 Å². The minimum atomic E-state index is -3.49. The molecule has 0 spiro atoms. The summed E-state index contributed by atoms with van der Waals surface area (Å²) in [7, 11) is -1.88. The highest BCUT2D eigenvalue weighted by Crippen LogP contribution is 2.26. The first-order valence-corrected chi connectivity index (χ1v) is 7.26. The first-order valence-electron chi connectivity index (χ1n) is 5.82. The lowest BCUT2D eigenvalue weighted by Crippen LogP contribution is -2.29. The summed E-state index contributed by atoms with van der Waals surface area (Å²) < 4.78 is 31.1. The van der Waals surface area contributed by atoms with E-state index in [0.29, 0.717) is 19.7 Å². The molecule has 2 rings (SSSR count). The molecular weight excluding hydrogens is 254 g/mol. The normalized spacial score (nSPS) is 21.3. The molecule has 1 aliphatic rings. The molecule has 1 atom stereocenters. The van der Waals surface area contributed by atoms with Crippen LogP contribution in [0.5, 0.6) is 5.75 Å². The number of ether oxygens (including phenoxy) is 1. The summed E-state index contributed by atoms with van der Waals surface area (Å²) in [6, 6.07) is 5.76. The van der Waals surface area contributed by atoms with Crippen molar-refractivity contribution in [1.29, 1.82) is 0 Å². The van der Waals surface area contributed by atoms with E-state index in [0.717, 1.165) is 6.42 Å². The molecule has 5 nitrogen and oxygen atoms in total. The van der Waals surface area contributed by atoms with Gasteiger partial charge in [-0.25, -0.2) is 8.42 Å². The molecule has 1 N–H and O–H groups in total. The third kappa shape index (κ3) is 2.66. The van der Waals surface area contributed by atoms with Crippen LogP contribution in [0.4, 0.5) is 0 Å². The van der Waals surface area contributed by atoms with Gasteiger partial charge in [-0.15, -0.1) is 0 Å². The third-order valence-corrected chi connectivity index (χ3v) is 4.97. The monoisotopic (exact) mass is 271 g/mol. The number of nitrogens with zero attached hydrogens (tertiary/aromatic N) is 1. The molecule has 1 fully saturated rings. The molecule has 0 amide bonds. The molecule has 0 aliphatic carbocycles. The van der Waals surface area contributed by atoms with E-state index in [1.807, 2.05) is 0 Å². The van der Waals surface area contributed by atoms with Gasteiger partial charge in [0.25, 0.3) is 0 Å². The second kappa shape index (κ2) is 5.26. The zero-order chi connectivity index (χ0) is 13.2. The van der Waals surface area contributed by atoms with Crippen molar-refractivity contribution in [1.82, 2.24) is 4.31 Å². The molecule has 0 aromatic heterocycles. The van der Waals surface area contributed by atoms with Gasteiger partial charge in [-0.3, -0.25) is 0 Å². The van der Waals surface area contributed by atoms with Gasteiger partial charge in [-0.05, 0) is 30.5 Å². The van der Waals surface area contributed by atoms with Crippen molar-refractivity contribution in [3.05, 3.63) is 24.3 Å². The lowest BCUT2D eigenvalue weighted by atomic mass is 10.1. The molecule has 100 valence electrons. The summed E-state index contributed by atoms with van der Waals surface area (Å²) in [5.74, 6) is 0.214. The first kappa shape index (κ1) is 13.3. The van der Waals surface area contributed by atoms with E-state index in [9.17, 15) is 13.5 Å². The maximum absolute atomic E-state index is 12.3. The number of hydrogen-bond acceptors (Lipinski definition) is 4. The molecule has 1 aromatic rings. The van der Waals surface area contributed by atoms with Crippen LogP contribution in [-0.4, -0.2) is 44.6 Å². The summed E-state index contributed by atoms with van der Waals surface area (Å²) in [6.45, 7) is 1.56. The minimum absolute atomic E-state index is 0.0382. The number of hydrogen-bond donors (Lipinski definition) is 1. The highest BCUT2D eigenvalue weighted by molar-refractivity contribution is 7.89. The van der Waals surface area contributed by atoms with Crippen LogP contribution in [0.25, 0.3) is 0 Å². The molecule has 1 aliphatic heterocycles. The van der Waals surface area contributed by atoms with Gasteiger partial charge in [-0.2, -0.15) is 4.31 Å². The van der Waals surface area contributed by atoms with Crippen LogP contribution in [0, 0.1) is 5.92 Å². The van der Waals surface area contributed by atoms with Gasteiger partial charge in [0.2, 0.25) is 10.0 Å². The Morgan fingerprint density at radius 2 is 2.28 bits per heavy atom. The highest BCUT2D eigenvalue weighted by Gasteiger charge is 2.32. The molecule has 0 bridgehead atoms. The fraction of sp³-hybridized carbons (Fsp3) is 0.500. The van der Waals surface area contributed by atoms with E-state index in [1.54, 1.807) is 7.11 Å². The van der Waals surface area contributed by atoms with Gasteiger partial charge in [0.15, 0.2) is 0 Å². The number of sulfonamides is 1. The van der Waals surface area contributed by atoms with Crippen LogP contribution in [0.1, 0.15) is 6.42 Å². The van der Waals surface area contributed by atoms with Gasteiger partial charge in [-0.1, -0.05) is 6.07 Å². The van der Waals surface area contributed by atoms with Gasteiger partial charge in [0, 0.05) is 20.2 Å². The summed E-state index contributed by atoms with van der Waals surface area (Å²) in [5, 5.41) is 9.35. The lowest BCUT2D eigenvalue weighted by Gasteiger charge is -2.16. The number of phenolic OH excluding ortho intramolecular Hbond substituents is 1. The van der Waals surface area contributed by atoms with E-state index in [1.165, 1.54) is 28.6 Å². The van der Waals surface area contributed by atoms with E-state index < -0.39 is 10.0 Å². The Morgan fingerprint density at radius 3 is 2.94 bits per heavy atom. The smallest absolute Gasteiger partial charge is 0.243 e. The topological polar surface area (TPSA) is 66.8 Å². The van der Waals surface area contributed by atoms with E-state index in [4.69, 9.17) is 4.74 Å². The van der Waals surface area contributed by atoms with Crippen molar-refractivity contribution in [2.24, 2.45) is 5.92 Å². The van der Waals surface area contributed by atoms with Crippen molar-refractivity contribution in [3.8, 4) is 5.75 Å². The Bertz CT molecular complexity index is 515. The van der Waals surface area contributed by atoms with Crippen molar-refractivity contribution in [3.63, 3.8) is 0 Å². The summed E-state index contributed by atoms with van der Waals surface area (Å²) in [5.41, 5.74) is 0. The van der Waals surface area contributed by atoms with Crippen LogP contribution in [0.3, 0.4) is 0 Å². The highest BCUT2D eigenvalue weighted by atomic mass is 32.2. The predicted octanol–water partition coefficient (Wildman–Crippen LogP) is 1.05. The maximum Gasteiger partial charge on any atom is 0.243 e. The Hall–Kier alpha value is -1.11. The van der Waals surface area contributed by atoms with Crippen molar-refractivity contribution in [2.45, 2.75) is 11.3 Å². The third-order valence-electron chi connectivity index (χ3n) is 3.11. The zero-order valence-corrected chi connectivity index (χ0v) is 11.1. The van der Waals surface area contributed by atoms with Crippen LogP contribution in [0.15, 0.2) is 29.2 Å². The Balaban J connectivity index is 2.18. The largest absolute Gasteiger partial charge is 0.508 e. The van der Waals surface area contributed by atoms with Crippen LogP contribution in [-0.2, 0) is 14.8 Å². The van der Waals surface area contributed by atoms with Gasteiger partial charge < -0.3 is 9.84 Å². The molecule has 6 heteroatoms. The fourth-order valence-electron chi connectivity index (χ4n) is 2.18.